The monoisotopic (exact) mass is 1240 g/mol. The second kappa shape index (κ2) is 23.7. The highest BCUT2D eigenvalue weighted by molar-refractivity contribution is 5.96. The van der Waals surface area contributed by atoms with Gasteiger partial charge in [-0.15, -0.1) is 0 Å². The zero-order valence-electron chi connectivity index (χ0n) is 51.2. The molecule has 4 aliphatic rings. The second-order valence-corrected chi connectivity index (χ2v) is 24.9. The van der Waals surface area contributed by atoms with E-state index in [4.69, 9.17) is 36.4 Å². The maximum Gasteiger partial charge on any atom is 0.254 e. The van der Waals surface area contributed by atoms with E-state index in [0.29, 0.717) is 118 Å². The third kappa shape index (κ3) is 10.5. The van der Waals surface area contributed by atoms with Crippen molar-refractivity contribution in [3.63, 3.8) is 0 Å². The smallest absolute Gasteiger partial charge is 0.254 e. The lowest BCUT2D eigenvalue weighted by Gasteiger charge is -2.42. The summed E-state index contributed by atoms with van der Waals surface area (Å²) in [6.07, 6.45) is 7.07. The Balaban J connectivity index is 0.674. The number of hydrogen-bond acceptors (Lipinski definition) is 16. The van der Waals surface area contributed by atoms with Gasteiger partial charge in [0.05, 0.1) is 39.3 Å². The normalized spacial score (nSPS) is 17.9. The first-order chi connectivity index (χ1) is 46.0. The molecule has 0 radical (unpaired) electrons. The molecule has 0 spiro atoms. The highest BCUT2D eigenvalue weighted by Gasteiger charge is 2.42. The molecule has 6 aromatic carbocycles. The molecule has 0 saturated carbocycles. The van der Waals surface area contributed by atoms with Gasteiger partial charge in [0.25, 0.3) is 5.91 Å². The highest BCUT2D eigenvalue weighted by Crippen LogP contribution is 2.40. The number of likely N-dealkylation sites (tertiary alicyclic amines) is 1. The van der Waals surface area contributed by atoms with Crippen LogP contribution in [0.15, 0.2) is 194 Å². The molecule has 94 heavy (non-hydrogen) atoms. The molecule has 4 atom stereocenters. The van der Waals surface area contributed by atoms with E-state index in [1.165, 1.54) is 17.7 Å². The number of phenols is 2. The molecular formula is C75H64N14O5. The van der Waals surface area contributed by atoms with Crippen LogP contribution in [0.3, 0.4) is 0 Å². The number of amides is 1. The largest absolute Gasteiger partial charge is 0.507 e. The number of fused-ring (bicyclic) bond motifs is 6. The lowest BCUT2D eigenvalue weighted by atomic mass is 10.0. The van der Waals surface area contributed by atoms with Crippen LogP contribution in [0, 0.1) is 0 Å². The number of rotatable bonds is 15. The van der Waals surface area contributed by atoms with Crippen molar-refractivity contribution in [2.75, 3.05) is 42.5 Å². The summed E-state index contributed by atoms with van der Waals surface area (Å²) in [5.74, 6) is 1.55. The number of aromatic nitrogens is 8. The summed E-state index contributed by atoms with van der Waals surface area (Å²) in [4.78, 5) is 76.1. The summed E-state index contributed by atoms with van der Waals surface area (Å²) < 4.78 is 4.12. The van der Waals surface area contributed by atoms with Crippen LogP contribution in [0.4, 0.5) is 17.3 Å². The SMILES string of the molecule is Nc1ncccc1-c1nc2ccc(-c3cccc(-c4ccc(-c5nc6ccc(-c7ccccc7)nc6n5-c5ccc(CN6C7CCC6CN(c6ccc(C=O)c(O)c6)C7)cc5)c(N)n4)c3)nc2n1-c1ccc(CN2C3CCC2CN(C(=O)c2ccc(C=O)c(O)c2)C3)cc1. The number of carbonyl (C=O) groups excluding carboxylic acids is 3. The average Bonchev–Trinajstić information content (AvgIpc) is 1.61. The standard InChI is InChI=1S/C75H64N14O5/c76-69-60(10-5-33-78-69)71-82-66-32-30-64(81-74(66)88(71)53-18-11-46(12-19-53)38-87-58-25-26-59(87)42-85(41-58)75(94)50-15-16-51(43-90)67(92)35-50)49-9-4-8-48(34-49)63-28-27-61(70(77)79-63)72-83-65-31-29-62(47-6-2-1-3-7-47)80-73(65)89(72)54-20-13-45(14-21-54)37-86-56-23-24-57(86)40-84(39-56)55-22-17-52(44-91)68(93)36-55/h1-22,27-36,43-44,56-59,92-93H,23-26,37-42H2,(H2,76,78)(H2,77,79). The Labute approximate surface area is 540 Å². The van der Waals surface area contributed by atoms with Gasteiger partial charge in [-0.05, 0) is 146 Å². The van der Waals surface area contributed by atoms with Crippen LogP contribution in [-0.2, 0) is 13.1 Å². The number of anilines is 3. The number of nitrogen functional groups attached to an aromatic ring is 2. The fourth-order valence-electron chi connectivity index (χ4n) is 14.5. The van der Waals surface area contributed by atoms with Gasteiger partial charge in [0.15, 0.2) is 35.5 Å². The Kier molecular flexibility index (Phi) is 14.5. The van der Waals surface area contributed by atoms with Crippen LogP contribution < -0.4 is 16.4 Å². The van der Waals surface area contributed by atoms with Crippen LogP contribution >= 0.6 is 0 Å². The lowest BCUT2D eigenvalue weighted by molar-refractivity contribution is 0.0423. The van der Waals surface area contributed by atoms with Crippen molar-refractivity contribution in [1.82, 2.24) is 53.7 Å². The fourth-order valence-corrected chi connectivity index (χ4v) is 14.5. The van der Waals surface area contributed by atoms with Crippen LogP contribution in [0.2, 0.25) is 0 Å². The van der Waals surface area contributed by atoms with Crippen LogP contribution in [0.1, 0.15) is 67.9 Å². The van der Waals surface area contributed by atoms with E-state index in [9.17, 15) is 24.6 Å². The highest BCUT2D eigenvalue weighted by atomic mass is 16.3. The molecule has 0 aliphatic carbocycles. The number of carbonyl (C=O) groups is 3. The number of piperazine rings is 2. The number of nitrogens with zero attached hydrogens (tertiary/aromatic N) is 12. The van der Waals surface area contributed by atoms with Gasteiger partial charge in [0.2, 0.25) is 0 Å². The Morgan fingerprint density at radius 2 is 0.968 bits per heavy atom. The molecule has 10 heterocycles. The molecule has 19 heteroatoms. The quantitative estimate of drug-likeness (QED) is 0.0697. The fraction of sp³-hybridized carbons (Fsp3) is 0.187. The van der Waals surface area contributed by atoms with Gasteiger partial charge in [-0.1, -0.05) is 72.8 Å². The summed E-state index contributed by atoms with van der Waals surface area (Å²) >= 11 is 0. The maximum absolute atomic E-state index is 13.6. The molecule has 4 bridgehead atoms. The van der Waals surface area contributed by atoms with E-state index in [2.05, 4.69) is 91.0 Å². The molecular weight excluding hydrogens is 1180 g/mol. The molecule has 4 unspecified atom stereocenters. The zero-order chi connectivity index (χ0) is 63.7. The minimum atomic E-state index is -0.195. The Morgan fingerprint density at radius 3 is 1.51 bits per heavy atom. The lowest BCUT2D eigenvalue weighted by Crippen LogP contribution is -2.54. The number of aromatic hydroxyl groups is 2. The van der Waals surface area contributed by atoms with Crippen LogP contribution in [0.5, 0.6) is 11.5 Å². The van der Waals surface area contributed by atoms with Gasteiger partial charge >= 0.3 is 0 Å². The van der Waals surface area contributed by atoms with Gasteiger partial charge in [0, 0.05) is 115 Å². The molecule has 12 aromatic rings. The van der Waals surface area contributed by atoms with Crippen molar-refractivity contribution in [3.8, 4) is 79.4 Å². The van der Waals surface area contributed by atoms with Crippen molar-refractivity contribution in [2.24, 2.45) is 0 Å². The van der Waals surface area contributed by atoms with E-state index in [1.807, 2.05) is 100 Å². The van der Waals surface area contributed by atoms with Gasteiger partial charge in [-0.3, -0.25) is 33.3 Å². The maximum atomic E-state index is 13.6. The number of nitrogens with two attached hydrogens (primary N) is 2. The predicted molar refractivity (Wildman–Crippen MR) is 363 cm³/mol. The van der Waals surface area contributed by atoms with Crippen LogP contribution in [-0.4, -0.2) is 133 Å². The van der Waals surface area contributed by atoms with Gasteiger partial charge < -0.3 is 31.5 Å². The Morgan fingerprint density at radius 1 is 0.468 bits per heavy atom. The molecule has 4 saturated heterocycles. The minimum absolute atomic E-state index is 0.0101. The van der Waals surface area contributed by atoms with Crippen molar-refractivity contribution in [2.45, 2.75) is 62.9 Å². The summed E-state index contributed by atoms with van der Waals surface area (Å²) in [6, 6.07) is 61.9. The van der Waals surface area contributed by atoms with Gasteiger partial charge in [-0.25, -0.2) is 29.9 Å². The van der Waals surface area contributed by atoms with E-state index in [1.54, 1.807) is 24.4 Å². The summed E-state index contributed by atoms with van der Waals surface area (Å²) in [6.45, 7) is 4.34. The zero-order valence-corrected chi connectivity index (χ0v) is 51.2. The van der Waals surface area contributed by atoms with Gasteiger partial charge in [-0.2, -0.15) is 0 Å². The molecule has 4 aliphatic heterocycles. The molecule has 6 aromatic heterocycles. The van der Waals surface area contributed by atoms with Crippen molar-refractivity contribution >= 4 is 58.1 Å². The predicted octanol–water partition coefficient (Wildman–Crippen LogP) is 11.8. The Bertz CT molecular complexity index is 4930. The summed E-state index contributed by atoms with van der Waals surface area (Å²) in [5, 5.41) is 20.8. The first-order valence-electron chi connectivity index (χ1n) is 31.7. The van der Waals surface area contributed by atoms with E-state index >= 15 is 0 Å². The first-order valence-corrected chi connectivity index (χ1v) is 31.7. The summed E-state index contributed by atoms with van der Waals surface area (Å²) in [5.41, 5.74) is 28.5. The van der Waals surface area contributed by atoms with Crippen molar-refractivity contribution < 1.29 is 24.6 Å². The minimum Gasteiger partial charge on any atom is -0.507 e. The number of phenolic OH excluding ortho intramolecular Hbond substituents is 2. The third-order valence-corrected chi connectivity index (χ3v) is 19.4. The molecule has 4 fully saturated rings. The number of aldehydes is 2. The van der Waals surface area contributed by atoms with E-state index in [-0.39, 0.29) is 35.1 Å². The third-order valence-electron chi connectivity index (χ3n) is 19.4. The van der Waals surface area contributed by atoms with E-state index < -0.39 is 0 Å². The second-order valence-electron chi connectivity index (χ2n) is 24.9. The summed E-state index contributed by atoms with van der Waals surface area (Å²) in [7, 11) is 0. The molecule has 19 nitrogen and oxygen atoms in total. The number of imidazole rings is 2. The number of benzene rings is 6. The number of hydrogen-bond donors (Lipinski definition) is 4. The topological polar surface area (TPSA) is 244 Å². The number of pyridine rings is 4. The van der Waals surface area contributed by atoms with Crippen molar-refractivity contribution in [1.29, 1.82) is 0 Å². The molecule has 6 N–H and O–H groups in total. The molecule has 1 amide bonds. The Hall–Kier alpha value is -11.4. The first kappa shape index (κ1) is 57.7. The van der Waals surface area contributed by atoms with E-state index in [0.717, 1.165) is 96.0 Å². The van der Waals surface area contributed by atoms with Crippen LogP contribution in [0.25, 0.3) is 90.3 Å². The molecule has 464 valence electrons. The van der Waals surface area contributed by atoms with Gasteiger partial charge in [0.1, 0.15) is 34.2 Å². The van der Waals surface area contributed by atoms with Crippen molar-refractivity contribution in [3.05, 3.63) is 222 Å². The molecule has 16 rings (SSSR count). The average molecular weight is 1240 g/mol.